The van der Waals surface area contributed by atoms with Crippen LogP contribution in [0.1, 0.15) is 0 Å². The minimum absolute atomic E-state index is 0. The quantitative estimate of drug-likeness (QED) is 0.186. The van der Waals surface area contributed by atoms with Crippen LogP contribution in [0.5, 0.6) is 0 Å². The maximum Gasteiger partial charge on any atom is 1.00 e. The molecule has 0 aliphatic carbocycles. The van der Waals surface area contributed by atoms with Gasteiger partial charge >= 0.3 is 34.4 Å². The molecular weight excluding hydrogens is 284 g/mol. The Labute approximate surface area is 107 Å². The van der Waals surface area contributed by atoms with Crippen molar-refractivity contribution in [1.82, 2.24) is 0 Å². The van der Waals surface area contributed by atoms with E-state index < -0.39 is 35.7 Å². The number of hydrogen-bond acceptors (Lipinski definition) is 6. The Morgan fingerprint density at radius 2 is 1.76 bits per heavy atom. The van der Waals surface area contributed by atoms with Gasteiger partial charge < -0.3 is 14.2 Å². The molecule has 7 nitrogen and oxygen atoms in total. The van der Waals surface area contributed by atoms with Crippen molar-refractivity contribution in [2.75, 3.05) is 0 Å². The standard InChI is InChI=1S/C4H3F3N2O5S2.Li/c5-4(6,7)16(13,14)9(15(11)12)2-1-3(8)10;/h1H,(H2,8,10);/q;+1. The number of primary amides is 1. The fourth-order valence-electron chi connectivity index (χ4n) is 0.403. The average Bonchev–Trinajstić information content (AvgIpc) is 1.99. The first-order chi connectivity index (χ1) is 7.00. The molecule has 1 amide bonds. The predicted molar refractivity (Wildman–Crippen MR) is 42.7 cm³/mol. The van der Waals surface area contributed by atoms with Crippen molar-refractivity contribution >= 4 is 32.7 Å². The van der Waals surface area contributed by atoms with Crippen molar-refractivity contribution < 1.29 is 57.0 Å². The van der Waals surface area contributed by atoms with Gasteiger partial charge in [0.25, 0.3) is 5.91 Å². The van der Waals surface area contributed by atoms with Gasteiger partial charge in [0.05, 0.1) is 0 Å². The van der Waals surface area contributed by atoms with E-state index in [0.29, 0.717) is 0 Å². The molecule has 0 aliphatic rings. The SMILES string of the molecule is NC(=O)C=C=[N+]([S-](=O)=O)S(=O)(=O)C(F)(F)F.[Li+]. The van der Waals surface area contributed by atoms with Crippen LogP contribution < -0.4 is 24.6 Å². The fraction of sp³-hybridized carbons (Fsp3) is 0.250. The first-order valence-electron chi connectivity index (χ1n) is 3.10. The second-order valence-corrected chi connectivity index (χ2v) is 4.88. The Balaban J connectivity index is 0. The van der Waals surface area contributed by atoms with Crippen LogP contribution in [0.2, 0.25) is 0 Å². The molecule has 0 bridgehead atoms. The van der Waals surface area contributed by atoms with E-state index in [1.807, 2.05) is 0 Å². The van der Waals surface area contributed by atoms with E-state index in [4.69, 9.17) is 0 Å². The number of halogens is 3. The summed E-state index contributed by atoms with van der Waals surface area (Å²) >= 11 is 0. The monoisotopic (exact) mass is 287 g/mol. The topological polar surface area (TPSA) is 114 Å². The van der Waals surface area contributed by atoms with E-state index in [-0.39, 0.29) is 24.9 Å². The largest absolute Gasteiger partial charge is 1.00 e. The molecular formula is C4H3F3LiN2O5S2+. The van der Waals surface area contributed by atoms with Gasteiger partial charge in [-0.3, -0.25) is 4.79 Å². The van der Waals surface area contributed by atoms with Gasteiger partial charge in [-0.2, -0.15) is 21.6 Å². The van der Waals surface area contributed by atoms with Crippen molar-refractivity contribution in [1.29, 1.82) is 0 Å². The van der Waals surface area contributed by atoms with Crippen LogP contribution in [0, 0.1) is 0 Å². The Morgan fingerprint density at radius 3 is 2.00 bits per heavy atom. The molecule has 0 aromatic heterocycles. The van der Waals surface area contributed by atoms with E-state index in [0.717, 1.165) is 5.87 Å². The third-order valence-electron chi connectivity index (χ3n) is 0.958. The molecule has 0 aromatic carbocycles. The van der Waals surface area contributed by atoms with Gasteiger partial charge in [-0.05, 0) is 0 Å². The molecule has 0 aromatic rings. The number of carbonyl (C=O) groups excluding carboxylic acids is 1. The van der Waals surface area contributed by atoms with Gasteiger partial charge in [0, 0.05) is 0 Å². The molecule has 0 saturated carbocycles. The number of nitrogens with two attached hydrogens (primary N) is 1. The molecule has 0 atom stereocenters. The summed E-state index contributed by atoms with van der Waals surface area (Å²) in [6.45, 7) is 0. The summed E-state index contributed by atoms with van der Waals surface area (Å²) in [7, 11) is -9.97. The molecule has 92 valence electrons. The smallest absolute Gasteiger partial charge is 0.365 e. The summed E-state index contributed by atoms with van der Waals surface area (Å²) in [5, 5.41) is 0. The van der Waals surface area contributed by atoms with E-state index >= 15 is 0 Å². The summed E-state index contributed by atoms with van der Waals surface area (Å²) in [5.41, 5.74) is -1.41. The molecule has 2 N–H and O–H groups in total. The van der Waals surface area contributed by atoms with Crippen LogP contribution in [0.3, 0.4) is 0 Å². The molecule has 13 heteroatoms. The second kappa shape index (κ2) is 6.22. The van der Waals surface area contributed by atoms with Gasteiger partial charge in [-0.15, -0.1) is 0 Å². The van der Waals surface area contributed by atoms with Crippen LogP contribution in [0.25, 0.3) is 0 Å². The number of amides is 1. The number of carbonyl (C=O) groups is 1. The third-order valence-corrected chi connectivity index (χ3v) is 3.42. The summed E-state index contributed by atoms with van der Waals surface area (Å²) in [5.74, 6) is -0.289. The van der Waals surface area contributed by atoms with Crippen LogP contribution in [-0.4, -0.2) is 29.1 Å². The minimum atomic E-state index is -6.16. The molecule has 0 rings (SSSR count). The summed E-state index contributed by atoms with van der Waals surface area (Å²) in [6, 6.07) is 0. The van der Waals surface area contributed by atoms with Crippen molar-refractivity contribution in [3.05, 3.63) is 6.08 Å². The first kappa shape index (κ1) is 18.6. The number of sulfonamides is 1. The molecule has 0 radical (unpaired) electrons. The molecule has 0 saturated heterocycles. The van der Waals surface area contributed by atoms with E-state index in [1.54, 1.807) is 0 Å². The molecule has 0 heterocycles. The Bertz CT molecular complexity index is 534. The summed E-state index contributed by atoms with van der Waals surface area (Å²) in [4.78, 5) is 10.1. The maximum atomic E-state index is 11.9. The Morgan fingerprint density at radius 1 is 1.35 bits per heavy atom. The normalized spacial score (nSPS) is 11.3. The van der Waals surface area contributed by atoms with Gasteiger partial charge in [-0.25, -0.2) is 0 Å². The maximum absolute atomic E-state index is 11.9. The van der Waals surface area contributed by atoms with Crippen LogP contribution in [0.4, 0.5) is 13.2 Å². The zero-order chi connectivity index (χ0) is 13.1. The first-order valence-corrected chi connectivity index (χ1v) is 5.57. The third kappa shape index (κ3) is 4.93. The Kier molecular flexibility index (Phi) is 6.80. The average molecular weight is 287 g/mol. The molecule has 0 aliphatic heterocycles. The van der Waals surface area contributed by atoms with E-state index in [9.17, 15) is 34.8 Å². The fourth-order valence-corrected chi connectivity index (χ4v) is 1.82. The van der Waals surface area contributed by atoms with Crippen molar-refractivity contribution in [3.8, 4) is 0 Å². The molecule has 0 spiro atoms. The van der Waals surface area contributed by atoms with Crippen molar-refractivity contribution in [2.45, 2.75) is 5.51 Å². The minimum Gasteiger partial charge on any atom is -0.365 e. The van der Waals surface area contributed by atoms with Crippen molar-refractivity contribution in [2.24, 2.45) is 5.73 Å². The van der Waals surface area contributed by atoms with E-state index in [1.165, 1.54) is 0 Å². The van der Waals surface area contributed by atoms with Gasteiger partial charge in [0.15, 0.2) is 5.87 Å². The number of hydrogen-bond donors (Lipinski definition) is 1. The van der Waals surface area contributed by atoms with Crippen LogP contribution in [-0.2, 0) is 34.1 Å². The van der Waals surface area contributed by atoms with Crippen LogP contribution in [0.15, 0.2) is 6.08 Å². The summed E-state index contributed by atoms with van der Waals surface area (Å²) in [6.07, 6.45) is 0.0269. The zero-order valence-corrected chi connectivity index (χ0v) is 9.73. The number of alkyl halides is 3. The van der Waals surface area contributed by atoms with Gasteiger partial charge in [0.2, 0.25) is 10.9 Å². The predicted octanol–water partition coefficient (Wildman–Crippen LogP) is -4.21. The number of rotatable bonds is 3. The number of nitrogens with zero attached hydrogens (tertiary/aromatic N) is 1. The van der Waals surface area contributed by atoms with Crippen LogP contribution >= 0.6 is 0 Å². The van der Waals surface area contributed by atoms with Crippen molar-refractivity contribution in [3.63, 3.8) is 0 Å². The molecule has 0 fully saturated rings. The molecule has 17 heavy (non-hydrogen) atoms. The van der Waals surface area contributed by atoms with Gasteiger partial charge in [-0.1, -0.05) is 3.39 Å². The molecule has 0 unspecified atom stereocenters. The van der Waals surface area contributed by atoms with Gasteiger partial charge in [0.1, 0.15) is 6.08 Å². The zero-order valence-electron chi connectivity index (χ0n) is 8.09. The Hall–Kier alpha value is -0.793. The second-order valence-electron chi connectivity index (χ2n) is 2.07. The summed E-state index contributed by atoms with van der Waals surface area (Å²) < 4.78 is 76.1. The van der Waals surface area contributed by atoms with E-state index in [2.05, 4.69) is 5.73 Å².